The predicted octanol–water partition coefficient (Wildman–Crippen LogP) is 3.83. The van der Waals surface area contributed by atoms with E-state index in [-0.39, 0.29) is 11.8 Å². The molecule has 0 aliphatic carbocycles. The number of aromatic nitrogens is 3. The van der Waals surface area contributed by atoms with Gasteiger partial charge in [-0.05, 0) is 26.0 Å². The molecule has 0 amide bonds. The molecule has 7 heteroatoms. The summed E-state index contributed by atoms with van der Waals surface area (Å²) in [5.41, 5.74) is 3.95. The zero-order valence-electron chi connectivity index (χ0n) is 13.6. The first kappa shape index (κ1) is 14.8. The van der Waals surface area contributed by atoms with Gasteiger partial charge in [0.25, 0.3) is 5.56 Å². The molecule has 4 heterocycles. The topological polar surface area (TPSA) is 80.0 Å². The lowest BCUT2D eigenvalue weighted by atomic mass is 10.0. The molecule has 2 N–H and O–H groups in total. The third kappa shape index (κ3) is 2.24. The minimum atomic E-state index is -0.445. The van der Waals surface area contributed by atoms with E-state index in [4.69, 9.17) is 9.47 Å². The van der Waals surface area contributed by atoms with Gasteiger partial charge in [0, 0.05) is 39.0 Å². The number of thiazole rings is 1. The number of aromatic amines is 2. The van der Waals surface area contributed by atoms with E-state index < -0.39 is 6.29 Å². The van der Waals surface area contributed by atoms with Crippen molar-refractivity contribution in [3.63, 3.8) is 0 Å². The molecule has 4 aromatic rings. The highest BCUT2D eigenvalue weighted by atomic mass is 32.1. The van der Waals surface area contributed by atoms with Gasteiger partial charge < -0.3 is 19.4 Å². The number of benzene rings is 1. The number of aryl methyl sites for hydroxylation is 1. The monoisotopic (exact) mass is 353 g/mol. The van der Waals surface area contributed by atoms with Crippen molar-refractivity contribution in [3.8, 4) is 11.3 Å². The molecule has 0 saturated carbocycles. The van der Waals surface area contributed by atoms with E-state index in [1.807, 2.05) is 31.4 Å². The number of ether oxygens (including phenoxy) is 2. The third-order valence-electron chi connectivity index (χ3n) is 4.47. The summed E-state index contributed by atoms with van der Waals surface area (Å²) in [6, 6.07) is 5.95. The Balaban J connectivity index is 1.79. The van der Waals surface area contributed by atoms with Crippen molar-refractivity contribution in [1.29, 1.82) is 0 Å². The molecule has 0 radical (unpaired) electrons. The van der Waals surface area contributed by atoms with E-state index in [9.17, 15) is 4.79 Å². The van der Waals surface area contributed by atoms with Gasteiger partial charge in [0.2, 0.25) is 0 Å². The maximum atomic E-state index is 12.4. The quantitative estimate of drug-likeness (QED) is 0.574. The molecule has 0 atom stereocenters. The first-order chi connectivity index (χ1) is 12.1. The molecule has 0 bridgehead atoms. The van der Waals surface area contributed by atoms with Crippen molar-refractivity contribution < 1.29 is 9.47 Å². The third-order valence-corrected chi connectivity index (χ3v) is 5.25. The van der Waals surface area contributed by atoms with Crippen LogP contribution in [0, 0.1) is 6.92 Å². The number of nitrogens with zero attached hydrogens (tertiary/aromatic N) is 1. The molecule has 25 heavy (non-hydrogen) atoms. The van der Waals surface area contributed by atoms with Gasteiger partial charge in [0.05, 0.1) is 10.7 Å². The highest BCUT2D eigenvalue weighted by molar-refractivity contribution is 7.09. The van der Waals surface area contributed by atoms with E-state index in [1.165, 1.54) is 0 Å². The van der Waals surface area contributed by atoms with E-state index in [0.717, 1.165) is 38.1 Å². The Kier molecular flexibility index (Phi) is 3.12. The van der Waals surface area contributed by atoms with Crippen LogP contribution in [0.4, 0.5) is 0 Å². The summed E-state index contributed by atoms with van der Waals surface area (Å²) in [5.74, 6) is 0. The first-order valence-electron chi connectivity index (χ1n) is 8.00. The fourth-order valence-corrected chi connectivity index (χ4v) is 3.92. The van der Waals surface area contributed by atoms with Crippen molar-refractivity contribution in [3.05, 3.63) is 50.7 Å². The maximum Gasteiger partial charge on any atom is 0.272 e. The van der Waals surface area contributed by atoms with E-state index in [0.29, 0.717) is 5.52 Å². The number of nitrogens with one attached hydrogen (secondary N) is 2. The van der Waals surface area contributed by atoms with E-state index >= 15 is 0 Å². The van der Waals surface area contributed by atoms with Crippen molar-refractivity contribution in [1.82, 2.24) is 15.0 Å². The van der Waals surface area contributed by atoms with Crippen LogP contribution >= 0.6 is 11.3 Å². The lowest BCUT2D eigenvalue weighted by Crippen LogP contribution is -2.31. The fraction of sp³-hybridized carbons (Fsp3) is 0.222. The number of rotatable bonds is 2. The summed E-state index contributed by atoms with van der Waals surface area (Å²) in [7, 11) is 0. The highest BCUT2D eigenvalue weighted by Crippen LogP contribution is 2.38. The van der Waals surface area contributed by atoms with Crippen LogP contribution in [-0.4, -0.2) is 21.2 Å². The highest BCUT2D eigenvalue weighted by Gasteiger charge is 2.31. The van der Waals surface area contributed by atoms with Gasteiger partial charge in [-0.25, -0.2) is 4.98 Å². The maximum absolute atomic E-state index is 12.4. The van der Waals surface area contributed by atoms with Gasteiger partial charge in [-0.15, -0.1) is 11.3 Å². The van der Waals surface area contributed by atoms with Crippen LogP contribution in [0.25, 0.3) is 33.1 Å². The molecular weight excluding hydrogens is 338 g/mol. The van der Waals surface area contributed by atoms with Crippen LogP contribution in [0.5, 0.6) is 0 Å². The van der Waals surface area contributed by atoms with Gasteiger partial charge in [0.1, 0.15) is 5.52 Å². The number of hydrogen-bond donors (Lipinski definition) is 2. The van der Waals surface area contributed by atoms with Crippen LogP contribution in [0.3, 0.4) is 0 Å². The predicted molar refractivity (Wildman–Crippen MR) is 96.6 cm³/mol. The number of hydrogen-bond acceptors (Lipinski definition) is 5. The SMILES string of the molecule is Cc1nc(-c2ccc3[nH]c(=O)c4[nH]cc(C5OC(C)O5)c4c3c2)cs1. The van der Waals surface area contributed by atoms with Gasteiger partial charge >= 0.3 is 0 Å². The summed E-state index contributed by atoms with van der Waals surface area (Å²) in [5, 5.41) is 4.84. The van der Waals surface area contributed by atoms with Crippen molar-refractivity contribution in [2.45, 2.75) is 26.4 Å². The largest absolute Gasteiger partial charge is 0.356 e. The van der Waals surface area contributed by atoms with Gasteiger partial charge in [-0.1, -0.05) is 6.07 Å². The number of H-pyrrole nitrogens is 2. The Bertz CT molecular complexity index is 1170. The summed E-state index contributed by atoms with van der Waals surface area (Å²) in [6.45, 7) is 3.83. The zero-order valence-corrected chi connectivity index (χ0v) is 14.4. The second kappa shape index (κ2) is 5.26. The molecule has 6 nitrogen and oxygen atoms in total. The Morgan fingerprint density at radius 1 is 1.28 bits per heavy atom. The van der Waals surface area contributed by atoms with E-state index in [1.54, 1.807) is 17.5 Å². The average molecular weight is 353 g/mol. The molecule has 1 saturated heterocycles. The Labute approximate surface area is 146 Å². The van der Waals surface area contributed by atoms with Crippen LogP contribution in [0.15, 0.2) is 34.6 Å². The summed E-state index contributed by atoms with van der Waals surface area (Å²) in [6.07, 6.45) is 1.12. The van der Waals surface area contributed by atoms with Crippen LogP contribution in [0.2, 0.25) is 0 Å². The molecule has 0 unspecified atom stereocenters. The average Bonchev–Trinajstić information content (AvgIpc) is 3.19. The zero-order chi connectivity index (χ0) is 17.1. The second-order valence-electron chi connectivity index (χ2n) is 6.13. The van der Waals surface area contributed by atoms with Gasteiger partial charge in [-0.2, -0.15) is 0 Å². The van der Waals surface area contributed by atoms with Crippen molar-refractivity contribution >= 4 is 33.1 Å². The van der Waals surface area contributed by atoms with Crippen molar-refractivity contribution in [2.75, 3.05) is 0 Å². The van der Waals surface area contributed by atoms with Gasteiger partial charge in [-0.3, -0.25) is 4.79 Å². The van der Waals surface area contributed by atoms with Crippen LogP contribution in [-0.2, 0) is 9.47 Å². The molecule has 1 fully saturated rings. The Morgan fingerprint density at radius 2 is 2.12 bits per heavy atom. The Hall–Kier alpha value is -2.48. The summed E-state index contributed by atoms with van der Waals surface area (Å²) < 4.78 is 11.3. The standard InChI is InChI=1S/C18H15N3O3S/c1-8-20-14(7-25-8)10-3-4-13-11(5-10)15-12(18-23-9(2)24-18)6-19-16(15)17(22)21-13/h3-7,9,18-19H,1-2H3,(H,21,22). The van der Waals surface area contributed by atoms with Crippen molar-refractivity contribution in [2.24, 2.45) is 0 Å². The molecular formula is C18H15N3O3S. The lowest BCUT2D eigenvalue weighted by Gasteiger charge is -2.33. The summed E-state index contributed by atoms with van der Waals surface area (Å²) >= 11 is 1.62. The number of pyridine rings is 1. The summed E-state index contributed by atoms with van der Waals surface area (Å²) in [4.78, 5) is 22.9. The molecule has 1 aliphatic rings. The smallest absolute Gasteiger partial charge is 0.272 e. The Morgan fingerprint density at radius 3 is 2.84 bits per heavy atom. The molecule has 126 valence electrons. The van der Waals surface area contributed by atoms with Gasteiger partial charge in [0.15, 0.2) is 12.6 Å². The molecule has 5 rings (SSSR count). The fourth-order valence-electron chi connectivity index (χ4n) is 3.30. The van der Waals surface area contributed by atoms with Crippen LogP contribution in [0.1, 0.15) is 23.8 Å². The molecule has 1 aliphatic heterocycles. The molecule has 1 aromatic carbocycles. The normalized spacial score (nSPS) is 20.2. The second-order valence-corrected chi connectivity index (χ2v) is 7.19. The lowest BCUT2D eigenvalue weighted by molar-refractivity contribution is -0.382. The van der Waals surface area contributed by atoms with E-state index in [2.05, 4.69) is 21.0 Å². The minimum Gasteiger partial charge on any atom is -0.356 e. The number of fused-ring (bicyclic) bond motifs is 3. The minimum absolute atomic E-state index is 0.154. The molecule has 3 aromatic heterocycles. The first-order valence-corrected chi connectivity index (χ1v) is 8.88. The molecule has 0 spiro atoms. The van der Waals surface area contributed by atoms with Crippen LogP contribution < -0.4 is 5.56 Å².